The molecule has 0 amide bonds. The summed E-state index contributed by atoms with van der Waals surface area (Å²) in [5.41, 5.74) is 1.82. The molecule has 1 aliphatic heterocycles. The van der Waals surface area contributed by atoms with E-state index < -0.39 is 6.10 Å². The van der Waals surface area contributed by atoms with Crippen LogP contribution in [-0.4, -0.2) is 23.6 Å². The SMILES string of the molecule is CCSc1ccnc(C2=C(NC)O[C@H](c3cccc(Cl)c3)C2=O)c1. The summed E-state index contributed by atoms with van der Waals surface area (Å²) in [4.78, 5) is 18.4. The lowest BCUT2D eigenvalue weighted by Crippen LogP contribution is -2.10. The van der Waals surface area contributed by atoms with E-state index in [2.05, 4.69) is 17.2 Å². The summed E-state index contributed by atoms with van der Waals surface area (Å²) in [6, 6.07) is 11.0. The maximum Gasteiger partial charge on any atom is 0.215 e. The summed E-state index contributed by atoms with van der Waals surface area (Å²) >= 11 is 7.74. The molecule has 24 heavy (non-hydrogen) atoms. The molecular formula is C18H17ClN2O2S. The molecule has 0 saturated heterocycles. The molecule has 4 nitrogen and oxygen atoms in total. The highest BCUT2D eigenvalue weighted by molar-refractivity contribution is 7.99. The summed E-state index contributed by atoms with van der Waals surface area (Å²) in [6.07, 6.45) is 1.01. The van der Waals surface area contributed by atoms with Crippen molar-refractivity contribution in [3.8, 4) is 0 Å². The second kappa shape index (κ2) is 7.28. The predicted molar refractivity (Wildman–Crippen MR) is 96.9 cm³/mol. The van der Waals surface area contributed by atoms with Gasteiger partial charge >= 0.3 is 0 Å². The van der Waals surface area contributed by atoms with Gasteiger partial charge in [0.15, 0.2) is 6.10 Å². The number of ketones is 1. The van der Waals surface area contributed by atoms with Crippen LogP contribution in [0.15, 0.2) is 53.4 Å². The average Bonchev–Trinajstić information content (AvgIpc) is 2.92. The minimum absolute atomic E-state index is 0.118. The topological polar surface area (TPSA) is 51.2 Å². The van der Waals surface area contributed by atoms with E-state index in [1.54, 1.807) is 37.1 Å². The second-order valence-electron chi connectivity index (χ2n) is 5.18. The van der Waals surface area contributed by atoms with Gasteiger partial charge in [0, 0.05) is 28.7 Å². The van der Waals surface area contributed by atoms with E-state index in [1.165, 1.54) is 0 Å². The first-order valence-electron chi connectivity index (χ1n) is 7.61. The van der Waals surface area contributed by atoms with Gasteiger partial charge in [0.25, 0.3) is 0 Å². The molecule has 0 bridgehead atoms. The van der Waals surface area contributed by atoms with Crippen LogP contribution in [-0.2, 0) is 9.53 Å². The molecule has 6 heteroatoms. The van der Waals surface area contributed by atoms with Crippen molar-refractivity contribution in [2.75, 3.05) is 12.8 Å². The number of Topliss-reactive ketones (excluding diaryl/α,β-unsaturated/α-hetero) is 1. The molecule has 0 unspecified atom stereocenters. The van der Waals surface area contributed by atoms with Crippen molar-refractivity contribution in [1.29, 1.82) is 0 Å². The maximum atomic E-state index is 12.9. The normalized spacial score (nSPS) is 17.1. The van der Waals surface area contributed by atoms with Crippen molar-refractivity contribution in [2.45, 2.75) is 17.9 Å². The van der Waals surface area contributed by atoms with Gasteiger partial charge in [0.1, 0.15) is 5.57 Å². The third-order valence-electron chi connectivity index (χ3n) is 3.62. The number of halogens is 1. The number of aromatic nitrogens is 1. The number of rotatable bonds is 5. The van der Waals surface area contributed by atoms with E-state index in [1.807, 2.05) is 24.3 Å². The molecule has 1 N–H and O–H groups in total. The lowest BCUT2D eigenvalue weighted by Gasteiger charge is -2.11. The number of ether oxygens (including phenoxy) is 1. The summed E-state index contributed by atoms with van der Waals surface area (Å²) in [5, 5.41) is 3.54. The van der Waals surface area contributed by atoms with E-state index in [-0.39, 0.29) is 5.78 Å². The number of carbonyl (C=O) groups excluding carboxylic acids is 1. The van der Waals surface area contributed by atoms with E-state index >= 15 is 0 Å². The fourth-order valence-corrected chi connectivity index (χ4v) is 3.48. The van der Waals surface area contributed by atoms with Crippen LogP contribution in [0.5, 0.6) is 0 Å². The van der Waals surface area contributed by atoms with Crippen molar-refractivity contribution in [3.05, 3.63) is 64.8 Å². The number of nitrogens with one attached hydrogen (secondary N) is 1. The van der Waals surface area contributed by atoms with Crippen LogP contribution in [0.2, 0.25) is 5.02 Å². The van der Waals surface area contributed by atoms with Crippen LogP contribution in [0.25, 0.3) is 5.57 Å². The first kappa shape index (κ1) is 16.9. The standard InChI is InChI=1S/C18H17ClN2O2S/c1-3-24-13-7-8-21-14(10-13)15-16(22)17(23-18(15)20-2)11-5-4-6-12(19)9-11/h4-10,17,20H,3H2,1-2H3/t17-/m1/s1. The molecule has 0 spiro atoms. The molecule has 0 fully saturated rings. The molecule has 1 aromatic heterocycles. The van der Waals surface area contributed by atoms with Gasteiger partial charge in [-0.1, -0.05) is 30.7 Å². The van der Waals surface area contributed by atoms with Crippen molar-refractivity contribution in [3.63, 3.8) is 0 Å². The number of nitrogens with zero attached hydrogens (tertiary/aromatic N) is 1. The van der Waals surface area contributed by atoms with Crippen LogP contribution in [0.3, 0.4) is 0 Å². The van der Waals surface area contributed by atoms with Crippen molar-refractivity contribution >= 4 is 34.7 Å². The first-order valence-corrected chi connectivity index (χ1v) is 8.98. The molecule has 124 valence electrons. The van der Waals surface area contributed by atoms with Crippen LogP contribution in [0.1, 0.15) is 24.3 Å². The molecule has 2 aromatic rings. The van der Waals surface area contributed by atoms with Gasteiger partial charge in [-0.3, -0.25) is 9.78 Å². The Morgan fingerprint density at radius 1 is 1.33 bits per heavy atom. The monoisotopic (exact) mass is 360 g/mol. The molecule has 0 saturated carbocycles. The van der Waals surface area contributed by atoms with Gasteiger partial charge < -0.3 is 10.1 Å². The Hall–Kier alpha value is -1.98. The lowest BCUT2D eigenvalue weighted by atomic mass is 10.00. The van der Waals surface area contributed by atoms with Crippen molar-refractivity contribution < 1.29 is 9.53 Å². The third-order valence-corrected chi connectivity index (χ3v) is 4.74. The van der Waals surface area contributed by atoms with Crippen LogP contribution in [0.4, 0.5) is 0 Å². The number of benzene rings is 1. The van der Waals surface area contributed by atoms with Crippen molar-refractivity contribution in [1.82, 2.24) is 10.3 Å². The number of thioether (sulfide) groups is 1. The number of hydrogen-bond donors (Lipinski definition) is 1. The maximum absolute atomic E-state index is 12.9. The Labute approximate surface area is 150 Å². The van der Waals surface area contributed by atoms with Gasteiger partial charge in [-0.05, 0) is 30.0 Å². The van der Waals surface area contributed by atoms with Crippen molar-refractivity contribution in [2.24, 2.45) is 0 Å². The molecule has 1 aromatic carbocycles. The van der Waals surface area contributed by atoms with Gasteiger partial charge in [0.2, 0.25) is 11.7 Å². The fraction of sp³-hybridized carbons (Fsp3) is 0.222. The summed E-state index contributed by atoms with van der Waals surface area (Å²) < 4.78 is 5.84. The zero-order chi connectivity index (χ0) is 17.1. The fourth-order valence-electron chi connectivity index (χ4n) is 2.59. The van der Waals surface area contributed by atoms with Gasteiger partial charge in [0.05, 0.1) is 5.69 Å². The highest BCUT2D eigenvalue weighted by Crippen LogP contribution is 2.37. The van der Waals surface area contributed by atoms with Crippen LogP contribution >= 0.6 is 23.4 Å². The van der Waals surface area contributed by atoms with Gasteiger partial charge in [-0.2, -0.15) is 0 Å². The number of pyridine rings is 1. The molecule has 2 heterocycles. The molecule has 1 atom stereocenters. The molecule has 0 aliphatic carbocycles. The Balaban J connectivity index is 1.97. The Morgan fingerprint density at radius 2 is 2.17 bits per heavy atom. The molecule has 0 radical (unpaired) electrons. The predicted octanol–water partition coefficient (Wildman–Crippen LogP) is 4.08. The summed E-state index contributed by atoms with van der Waals surface area (Å²) in [7, 11) is 1.73. The average molecular weight is 361 g/mol. The van der Waals surface area contributed by atoms with E-state index in [4.69, 9.17) is 16.3 Å². The zero-order valence-corrected chi connectivity index (χ0v) is 14.9. The Bertz CT molecular complexity index is 807. The highest BCUT2D eigenvalue weighted by atomic mass is 35.5. The number of hydrogen-bond acceptors (Lipinski definition) is 5. The third kappa shape index (κ3) is 3.28. The quantitative estimate of drug-likeness (QED) is 0.814. The van der Waals surface area contributed by atoms with Gasteiger partial charge in [-0.15, -0.1) is 11.8 Å². The highest BCUT2D eigenvalue weighted by Gasteiger charge is 2.37. The zero-order valence-electron chi connectivity index (χ0n) is 13.4. The number of carbonyl (C=O) groups is 1. The van der Waals surface area contributed by atoms with Gasteiger partial charge in [-0.25, -0.2) is 0 Å². The lowest BCUT2D eigenvalue weighted by molar-refractivity contribution is -0.120. The van der Waals surface area contributed by atoms with E-state index in [0.29, 0.717) is 22.2 Å². The smallest absolute Gasteiger partial charge is 0.215 e. The minimum Gasteiger partial charge on any atom is -0.462 e. The minimum atomic E-state index is -0.703. The van der Waals surface area contributed by atoms with E-state index in [0.717, 1.165) is 16.2 Å². The first-order chi connectivity index (χ1) is 11.6. The largest absolute Gasteiger partial charge is 0.462 e. The Morgan fingerprint density at radius 3 is 2.88 bits per heavy atom. The Kier molecular flexibility index (Phi) is 5.11. The molecule has 1 aliphatic rings. The molecular weight excluding hydrogens is 344 g/mol. The van der Waals surface area contributed by atoms with Crippen LogP contribution < -0.4 is 5.32 Å². The van der Waals surface area contributed by atoms with E-state index in [9.17, 15) is 4.79 Å². The second-order valence-corrected chi connectivity index (χ2v) is 6.95. The summed E-state index contributed by atoms with van der Waals surface area (Å²) in [6.45, 7) is 2.09. The summed E-state index contributed by atoms with van der Waals surface area (Å²) in [5.74, 6) is 1.28. The molecule has 3 rings (SSSR count). The van der Waals surface area contributed by atoms with Crippen LogP contribution in [0, 0.1) is 0 Å².